The van der Waals surface area contributed by atoms with Crippen LogP contribution in [0.2, 0.25) is 0 Å². The van der Waals surface area contributed by atoms with Gasteiger partial charge in [-0.05, 0) is 37.3 Å². The van der Waals surface area contributed by atoms with E-state index in [9.17, 15) is 0 Å². The summed E-state index contributed by atoms with van der Waals surface area (Å²) < 4.78 is 0. The number of nitrogens with one attached hydrogen (secondary N) is 1. The number of hydrogen-bond donors (Lipinski definition) is 1. The quantitative estimate of drug-likeness (QED) is 0.645. The van der Waals surface area contributed by atoms with Crippen molar-refractivity contribution in [3.63, 3.8) is 0 Å². The molecule has 1 N–H and O–H groups in total. The van der Waals surface area contributed by atoms with E-state index >= 15 is 0 Å². The fourth-order valence-corrected chi connectivity index (χ4v) is 1.97. The lowest BCUT2D eigenvalue weighted by Gasteiger charge is -2.31. The first-order valence-electron chi connectivity index (χ1n) is 4.94. The minimum absolute atomic E-state index is 0.891. The van der Waals surface area contributed by atoms with Crippen molar-refractivity contribution in [2.24, 2.45) is 17.8 Å². The first-order chi connectivity index (χ1) is 5.24. The molecule has 1 aliphatic heterocycles. The van der Waals surface area contributed by atoms with Gasteiger partial charge in [0.2, 0.25) is 0 Å². The van der Waals surface area contributed by atoms with Gasteiger partial charge in [0.05, 0.1) is 0 Å². The van der Waals surface area contributed by atoms with E-state index in [1.54, 1.807) is 0 Å². The summed E-state index contributed by atoms with van der Waals surface area (Å²) in [6.45, 7) is 9.50. The Kier molecular flexibility index (Phi) is 3.38. The zero-order chi connectivity index (χ0) is 8.27. The van der Waals surface area contributed by atoms with Crippen molar-refractivity contribution in [3.05, 3.63) is 0 Å². The van der Waals surface area contributed by atoms with Gasteiger partial charge < -0.3 is 5.32 Å². The number of rotatable bonds is 2. The van der Waals surface area contributed by atoms with Gasteiger partial charge >= 0.3 is 0 Å². The molecule has 1 nitrogen and oxygen atoms in total. The van der Waals surface area contributed by atoms with E-state index in [-0.39, 0.29) is 0 Å². The topological polar surface area (TPSA) is 12.0 Å². The zero-order valence-corrected chi connectivity index (χ0v) is 8.06. The fraction of sp³-hybridized carbons (Fsp3) is 1.00. The van der Waals surface area contributed by atoms with E-state index < -0.39 is 0 Å². The van der Waals surface area contributed by atoms with E-state index in [1.165, 1.54) is 25.9 Å². The van der Waals surface area contributed by atoms with Crippen LogP contribution in [0.1, 0.15) is 33.6 Å². The lowest BCUT2D eigenvalue weighted by molar-refractivity contribution is 0.228. The second-order valence-electron chi connectivity index (χ2n) is 4.14. The Bertz CT molecular complexity index is 111. The predicted molar refractivity (Wildman–Crippen MR) is 49.6 cm³/mol. The monoisotopic (exact) mass is 155 g/mol. The summed E-state index contributed by atoms with van der Waals surface area (Å²) in [7, 11) is 0. The van der Waals surface area contributed by atoms with Gasteiger partial charge in [0.15, 0.2) is 0 Å². The van der Waals surface area contributed by atoms with Crippen LogP contribution in [0.4, 0.5) is 0 Å². The van der Waals surface area contributed by atoms with Crippen molar-refractivity contribution in [2.75, 3.05) is 13.1 Å². The van der Waals surface area contributed by atoms with Crippen molar-refractivity contribution in [1.29, 1.82) is 0 Å². The molecule has 0 aromatic carbocycles. The van der Waals surface area contributed by atoms with Gasteiger partial charge in [-0.25, -0.2) is 0 Å². The second-order valence-corrected chi connectivity index (χ2v) is 4.14. The van der Waals surface area contributed by atoms with Gasteiger partial charge in [0.25, 0.3) is 0 Å². The lowest BCUT2D eigenvalue weighted by Crippen LogP contribution is -2.37. The lowest BCUT2D eigenvalue weighted by atomic mass is 9.82. The first-order valence-corrected chi connectivity index (χ1v) is 4.94. The molecule has 1 fully saturated rings. The highest BCUT2D eigenvalue weighted by molar-refractivity contribution is 4.76. The highest BCUT2D eigenvalue weighted by Gasteiger charge is 2.21. The molecule has 0 aliphatic carbocycles. The van der Waals surface area contributed by atoms with Crippen molar-refractivity contribution >= 4 is 0 Å². The fourth-order valence-electron chi connectivity index (χ4n) is 1.97. The van der Waals surface area contributed by atoms with Gasteiger partial charge in [0.1, 0.15) is 0 Å². The second kappa shape index (κ2) is 4.10. The summed E-state index contributed by atoms with van der Waals surface area (Å²) in [6, 6.07) is 0. The summed E-state index contributed by atoms with van der Waals surface area (Å²) >= 11 is 0. The Morgan fingerprint density at radius 1 is 1.45 bits per heavy atom. The van der Waals surface area contributed by atoms with Crippen molar-refractivity contribution in [3.8, 4) is 0 Å². The van der Waals surface area contributed by atoms with E-state index in [0.717, 1.165) is 17.8 Å². The van der Waals surface area contributed by atoms with Crippen LogP contribution in [-0.4, -0.2) is 13.1 Å². The summed E-state index contributed by atoms with van der Waals surface area (Å²) in [4.78, 5) is 0. The van der Waals surface area contributed by atoms with Crippen LogP contribution in [0, 0.1) is 17.8 Å². The van der Waals surface area contributed by atoms with Crippen LogP contribution < -0.4 is 5.32 Å². The largest absolute Gasteiger partial charge is 0.316 e. The van der Waals surface area contributed by atoms with Crippen molar-refractivity contribution in [2.45, 2.75) is 33.6 Å². The summed E-state index contributed by atoms with van der Waals surface area (Å²) in [5.74, 6) is 2.73. The van der Waals surface area contributed by atoms with E-state index in [0.29, 0.717) is 0 Å². The van der Waals surface area contributed by atoms with Gasteiger partial charge in [0, 0.05) is 0 Å². The van der Waals surface area contributed by atoms with Crippen LogP contribution in [0.15, 0.2) is 0 Å². The maximum Gasteiger partial charge on any atom is -0.00177 e. The third-order valence-electron chi connectivity index (χ3n) is 3.05. The SMILES string of the molecule is CCC(C)C1CNC[C@@H](C)C1. The molecule has 3 atom stereocenters. The van der Waals surface area contributed by atoms with Gasteiger partial charge in [-0.1, -0.05) is 27.2 Å². The summed E-state index contributed by atoms with van der Waals surface area (Å²) in [6.07, 6.45) is 2.76. The zero-order valence-electron chi connectivity index (χ0n) is 8.06. The maximum atomic E-state index is 3.50. The van der Waals surface area contributed by atoms with Gasteiger partial charge in [-0.2, -0.15) is 0 Å². The standard InChI is InChI=1S/C10H21N/c1-4-9(3)10-5-8(2)6-11-7-10/h8-11H,4-7H2,1-3H3/t8-,9?,10?/m0/s1. The van der Waals surface area contributed by atoms with Crippen molar-refractivity contribution < 1.29 is 0 Å². The van der Waals surface area contributed by atoms with Crippen LogP contribution in [0.5, 0.6) is 0 Å². The molecule has 1 heteroatoms. The highest BCUT2D eigenvalue weighted by atomic mass is 14.9. The van der Waals surface area contributed by atoms with Gasteiger partial charge in [-0.3, -0.25) is 0 Å². The molecule has 0 radical (unpaired) electrons. The average molecular weight is 155 g/mol. The van der Waals surface area contributed by atoms with E-state index in [1.807, 2.05) is 0 Å². The number of piperidine rings is 1. The molecule has 0 amide bonds. The molecular weight excluding hydrogens is 134 g/mol. The smallest absolute Gasteiger partial charge is 0.00177 e. The molecule has 1 heterocycles. The molecule has 1 rings (SSSR count). The van der Waals surface area contributed by atoms with Crippen LogP contribution in [0.3, 0.4) is 0 Å². The first kappa shape index (κ1) is 9.05. The Morgan fingerprint density at radius 2 is 2.18 bits per heavy atom. The van der Waals surface area contributed by atoms with Crippen LogP contribution >= 0.6 is 0 Å². The molecule has 1 aliphatic rings. The minimum Gasteiger partial charge on any atom is -0.316 e. The van der Waals surface area contributed by atoms with Crippen LogP contribution in [-0.2, 0) is 0 Å². The third-order valence-corrected chi connectivity index (χ3v) is 3.05. The van der Waals surface area contributed by atoms with Crippen molar-refractivity contribution in [1.82, 2.24) is 5.32 Å². The van der Waals surface area contributed by atoms with E-state index in [2.05, 4.69) is 26.1 Å². The highest BCUT2D eigenvalue weighted by Crippen LogP contribution is 2.24. The predicted octanol–water partition coefficient (Wildman–Crippen LogP) is 2.28. The molecule has 1 saturated heterocycles. The Morgan fingerprint density at radius 3 is 2.73 bits per heavy atom. The van der Waals surface area contributed by atoms with E-state index in [4.69, 9.17) is 0 Å². The Hall–Kier alpha value is -0.0400. The number of hydrogen-bond acceptors (Lipinski definition) is 1. The third kappa shape index (κ3) is 2.48. The molecule has 66 valence electrons. The molecule has 0 aromatic heterocycles. The molecule has 0 bridgehead atoms. The summed E-state index contributed by atoms with van der Waals surface area (Å²) in [5.41, 5.74) is 0. The Balaban J connectivity index is 2.33. The average Bonchev–Trinajstić information content (AvgIpc) is 2.03. The van der Waals surface area contributed by atoms with Crippen LogP contribution in [0.25, 0.3) is 0 Å². The molecule has 0 aromatic rings. The normalized spacial score (nSPS) is 35.2. The molecule has 0 spiro atoms. The molecule has 2 unspecified atom stereocenters. The molecule has 0 saturated carbocycles. The van der Waals surface area contributed by atoms with Gasteiger partial charge in [-0.15, -0.1) is 0 Å². The Labute approximate surface area is 70.6 Å². The maximum absolute atomic E-state index is 3.50. The molecular formula is C10H21N. The summed E-state index contributed by atoms with van der Waals surface area (Å²) in [5, 5.41) is 3.50. The minimum atomic E-state index is 0.891. The molecule has 11 heavy (non-hydrogen) atoms.